The van der Waals surface area contributed by atoms with Crippen LogP contribution < -0.4 is 0 Å². The van der Waals surface area contributed by atoms with E-state index in [1.807, 2.05) is 45.0 Å². The minimum absolute atomic E-state index is 0.135. The van der Waals surface area contributed by atoms with Crippen LogP contribution in [0.15, 0.2) is 24.3 Å². The summed E-state index contributed by atoms with van der Waals surface area (Å²) in [7, 11) is 1.72. The van der Waals surface area contributed by atoms with E-state index in [4.69, 9.17) is 21.1 Å². The zero-order valence-electron chi connectivity index (χ0n) is 12.9. The molecule has 0 bridgehead atoms. The molecule has 116 valence electrons. The molecule has 1 amide bonds. The average molecular weight is 312 g/mol. The lowest BCUT2D eigenvalue weighted by atomic mass is 9.97. The van der Waals surface area contributed by atoms with Crippen LogP contribution in [0.25, 0.3) is 0 Å². The number of halogens is 1. The van der Waals surface area contributed by atoms with Crippen LogP contribution in [0.4, 0.5) is 4.79 Å². The summed E-state index contributed by atoms with van der Waals surface area (Å²) < 4.78 is 11.1. The molecule has 1 aliphatic rings. The Balaban J connectivity index is 2.07. The Kier molecular flexibility index (Phi) is 4.79. The highest BCUT2D eigenvalue weighted by Crippen LogP contribution is 2.36. The van der Waals surface area contributed by atoms with Gasteiger partial charge in [0.1, 0.15) is 11.7 Å². The van der Waals surface area contributed by atoms with E-state index in [1.54, 1.807) is 11.9 Å². The zero-order valence-corrected chi connectivity index (χ0v) is 13.7. The number of ether oxygens (including phenoxy) is 2. The SMILES string of the molecule is CN(CC1OCC(Cl)c2ccccc21)C(=O)OC(C)(C)C. The van der Waals surface area contributed by atoms with E-state index in [1.165, 1.54) is 0 Å². The molecule has 1 heterocycles. The topological polar surface area (TPSA) is 38.8 Å². The Morgan fingerprint density at radius 1 is 1.38 bits per heavy atom. The Hall–Kier alpha value is -1.26. The third kappa shape index (κ3) is 4.11. The van der Waals surface area contributed by atoms with E-state index in [0.717, 1.165) is 11.1 Å². The molecule has 1 aromatic carbocycles. The second kappa shape index (κ2) is 6.24. The fourth-order valence-electron chi connectivity index (χ4n) is 2.28. The van der Waals surface area contributed by atoms with Crippen molar-refractivity contribution in [3.63, 3.8) is 0 Å². The van der Waals surface area contributed by atoms with Gasteiger partial charge in [-0.05, 0) is 31.9 Å². The number of benzene rings is 1. The molecule has 21 heavy (non-hydrogen) atoms. The summed E-state index contributed by atoms with van der Waals surface area (Å²) in [6.07, 6.45) is -0.523. The van der Waals surface area contributed by atoms with Crippen molar-refractivity contribution in [3.8, 4) is 0 Å². The predicted molar refractivity (Wildman–Crippen MR) is 82.6 cm³/mol. The normalized spacial score (nSPS) is 21.6. The van der Waals surface area contributed by atoms with Crippen LogP contribution in [0, 0.1) is 0 Å². The lowest BCUT2D eigenvalue weighted by molar-refractivity contribution is -0.00267. The molecule has 0 radical (unpaired) electrons. The van der Waals surface area contributed by atoms with Crippen molar-refractivity contribution in [1.82, 2.24) is 4.90 Å². The van der Waals surface area contributed by atoms with Gasteiger partial charge in [-0.2, -0.15) is 0 Å². The van der Waals surface area contributed by atoms with Crippen molar-refractivity contribution in [2.45, 2.75) is 37.9 Å². The van der Waals surface area contributed by atoms with Crippen molar-refractivity contribution in [2.24, 2.45) is 0 Å². The monoisotopic (exact) mass is 311 g/mol. The largest absolute Gasteiger partial charge is 0.444 e. The molecule has 1 aromatic rings. The molecule has 0 spiro atoms. The van der Waals surface area contributed by atoms with E-state index in [0.29, 0.717) is 13.2 Å². The second-order valence-corrected chi connectivity index (χ2v) is 6.81. The molecule has 0 aliphatic carbocycles. The summed E-state index contributed by atoms with van der Waals surface area (Å²) in [5.74, 6) is 0. The van der Waals surface area contributed by atoms with Crippen LogP contribution >= 0.6 is 11.6 Å². The number of hydrogen-bond acceptors (Lipinski definition) is 3. The first-order chi connectivity index (χ1) is 9.78. The third-order valence-electron chi connectivity index (χ3n) is 3.27. The number of hydrogen-bond donors (Lipinski definition) is 0. The Labute approximate surface area is 131 Å². The van der Waals surface area contributed by atoms with Gasteiger partial charge < -0.3 is 14.4 Å². The molecule has 1 aliphatic heterocycles. The number of carbonyl (C=O) groups is 1. The van der Waals surface area contributed by atoms with Gasteiger partial charge in [0, 0.05) is 7.05 Å². The number of nitrogens with zero attached hydrogens (tertiary/aromatic N) is 1. The van der Waals surface area contributed by atoms with Gasteiger partial charge in [0.05, 0.1) is 18.5 Å². The van der Waals surface area contributed by atoms with Crippen LogP contribution in [0.1, 0.15) is 43.4 Å². The molecule has 0 fully saturated rings. The maximum absolute atomic E-state index is 12.0. The summed E-state index contributed by atoms with van der Waals surface area (Å²) >= 11 is 6.27. The second-order valence-electron chi connectivity index (χ2n) is 6.28. The average Bonchev–Trinajstić information content (AvgIpc) is 2.40. The third-order valence-corrected chi connectivity index (χ3v) is 3.63. The first-order valence-electron chi connectivity index (χ1n) is 7.06. The van der Waals surface area contributed by atoms with Gasteiger partial charge in [-0.3, -0.25) is 0 Å². The number of amides is 1. The Morgan fingerprint density at radius 3 is 2.62 bits per heavy atom. The molecule has 5 heteroatoms. The van der Waals surface area contributed by atoms with Gasteiger partial charge in [-0.1, -0.05) is 24.3 Å². The maximum Gasteiger partial charge on any atom is 0.410 e. The number of carbonyl (C=O) groups excluding carboxylic acids is 1. The molecular weight excluding hydrogens is 290 g/mol. The van der Waals surface area contributed by atoms with Crippen molar-refractivity contribution in [2.75, 3.05) is 20.2 Å². The lowest BCUT2D eigenvalue weighted by Gasteiger charge is -2.32. The standard InChI is InChI=1S/C16H22ClNO3/c1-16(2,3)21-15(19)18(4)9-14-12-8-6-5-7-11(12)13(17)10-20-14/h5-8,13-14H,9-10H2,1-4H3. The molecular formula is C16H22ClNO3. The number of rotatable bonds is 2. The number of alkyl halides is 1. The summed E-state index contributed by atoms with van der Waals surface area (Å²) in [6, 6.07) is 7.93. The van der Waals surface area contributed by atoms with Crippen LogP contribution in [0.2, 0.25) is 0 Å². The Morgan fingerprint density at radius 2 is 2.00 bits per heavy atom. The van der Waals surface area contributed by atoms with Gasteiger partial charge >= 0.3 is 6.09 Å². The van der Waals surface area contributed by atoms with Gasteiger partial charge in [0.15, 0.2) is 0 Å². The lowest BCUT2D eigenvalue weighted by Crippen LogP contribution is -2.38. The maximum atomic E-state index is 12.0. The zero-order chi connectivity index (χ0) is 15.6. The highest BCUT2D eigenvalue weighted by atomic mass is 35.5. The van der Waals surface area contributed by atoms with E-state index in [-0.39, 0.29) is 17.6 Å². The van der Waals surface area contributed by atoms with Crippen LogP contribution in [-0.4, -0.2) is 36.8 Å². The van der Waals surface area contributed by atoms with Gasteiger partial charge in [0.25, 0.3) is 0 Å². The van der Waals surface area contributed by atoms with E-state index < -0.39 is 5.60 Å². The molecule has 2 rings (SSSR count). The van der Waals surface area contributed by atoms with Gasteiger partial charge in [0.2, 0.25) is 0 Å². The Bertz CT molecular complexity index is 512. The quantitative estimate of drug-likeness (QED) is 0.777. The fraction of sp³-hybridized carbons (Fsp3) is 0.562. The highest BCUT2D eigenvalue weighted by molar-refractivity contribution is 6.21. The first-order valence-corrected chi connectivity index (χ1v) is 7.50. The fourth-order valence-corrected chi connectivity index (χ4v) is 2.56. The van der Waals surface area contributed by atoms with Crippen molar-refractivity contribution >= 4 is 17.7 Å². The molecule has 0 saturated carbocycles. The van der Waals surface area contributed by atoms with Crippen molar-refractivity contribution < 1.29 is 14.3 Å². The molecule has 0 aromatic heterocycles. The van der Waals surface area contributed by atoms with E-state index in [9.17, 15) is 4.79 Å². The molecule has 0 N–H and O–H groups in total. The number of fused-ring (bicyclic) bond motifs is 1. The highest BCUT2D eigenvalue weighted by Gasteiger charge is 2.29. The van der Waals surface area contributed by atoms with Crippen LogP contribution in [0.5, 0.6) is 0 Å². The molecule has 2 unspecified atom stereocenters. The number of likely N-dealkylation sites (N-methyl/N-ethyl adjacent to an activating group) is 1. The molecule has 2 atom stereocenters. The summed E-state index contributed by atoms with van der Waals surface area (Å²) in [5, 5.41) is -0.135. The van der Waals surface area contributed by atoms with E-state index >= 15 is 0 Å². The summed E-state index contributed by atoms with van der Waals surface area (Å²) in [4.78, 5) is 13.6. The predicted octanol–water partition coefficient (Wildman–Crippen LogP) is 3.90. The van der Waals surface area contributed by atoms with Crippen molar-refractivity contribution in [3.05, 3.63) is 35.4 Å². The minimum atomic E-state index is -0.502. The van der Waals surface area contributed by atoms with Gasteiger partial charge in [-0.25, -0.2) is 4.79 Å². The minimum Gasteiger partial charge on any atom is -0.444 e. The van der Waals surface area contributed by atoms with Crippen molar-refractivity contribution in [1.29, 1.82) is 0 Å². The molecule has 4 nitrogen and oxygen atoms in total. The first kappa shape index (κ1) is 16.1. The smallest absolute Gasteiger partial charge is 0.410 e. The van der Waals surface area contributed by atoms with Gasteiger partial charge in [-0.15, -0.1) is 11.6 Å². The summed E-state index contributed by atoms with van der Waals surface area (Å²) in [5.41, 5.74) is 1.62. The van der Waals surface area contributed by atoms with E-state index in [2.05, 4.69) is 0 Å². The van der Waals surface area contributed by atoms with Crippen LogP contribution in [-0.2, 0) is 9.47 Å². The molecule has 0 saturated heterocycles. The van der Waals surface area contributed by atoms with Crippen LogP contribution in [0.3, 0.4) is 0 Å². The summed E-state index contributed by atoms with van der Waals surface area (Å²) in [6.45, 7) is 6.44.